The van der Waals surface area contributed by atoms with Gasteiger partial charge in [-0.3, -0.25) is 9.69 Å². The van der Waals surface area contributed by atoms with Gasteiger partial charge in [0, 0.05) is 17.1 Å². The zero-order valence-corrected chi connectivity index (χ0v) is 17.7. The molecule has 0 unspecified atom stereocenters. The third kappa shape index (κ3) is 6.13. The van der Waals surface area contributed by atoms with E-state index in [1.165, 1.54) is 4.90 Å². The van der Waals surface area contributed by atoms with Gasteiger partial charge in [-0.1, -0.05) is 23.3 Å². The minimum atomic E-state index is -0.800. The monoisotopic (exact) mass is 423 g/mol. The van der Waals surface area contributed by atoms with Crippen LogP contribution in [0.15, 0.2) is 59.7 Å². The molecular weight excluding hydrogens is 398 g/mol. The molecule has 0 radical (unpaired) electrons. The lowest BCUT2D eigenvalue weighted by Crippen LogP contribution is -2.45. The topological polar surface area (TPSA) is 117 Å². The van der Waals surface area contributed by atoms with Crippen LogP contribution < -0.4 is 10.1 Å². The largest absolute Gasteiger partial charge is 0.457 e. The number of benzene rings is 2. The van der Waals surface area contributed by atoms with Crippen molar-refractivity contribution in [3.8, 4) is 11.5 Å². The number of nitrogens with zero attached hydrogens (tertiary/aromatic N) is 4. The number of azide groups is 1. The first-order valence-electron chi connectivity index (χ1n) is 9.93. The molecule has 31 heavy (non-hydrogen) atoms. The van der Waals surface area contributed by atoms with E-state index in [4.69, 9.17) is 15.0 Å². The van der Waals surface area contributed by atoms with E-state index in [0.29, 0.717) is 17.2 Å². The van der Waals surface area contributed by atoms with Crippen molar-refractivity contribution in [3.05, 3.63) is 65.0 Å². The molecule has 1 heterocycles. The smallest absolute Gasteiger partial charge is 0.410 e. The Kier molecular flexibility index (Phi) is 6.67. The lowest BCUT2D eigenvalue weighted by atomic mass is 10.1. The summed E-state index contributed by atoms with van der Waals surface area (Å²) in [7, 11) is 0. The molecule has 1 saturated heterocycles. The standard InChI is InChI=1S/C22H25N5O4/c1-22(2,3)31-21(29)27-14-16(25-26-23)13-19(27)20(28)24-15-9-11-18(12-10-15)30-17-7-5-4-6-8-17/h4-12,16,19H,13-14H2,1-3H3,(H,24,28)/t16-,19+/m1/s1. The molecule has 9 heteroatoms. The number of carbonyl (C=O) groups is 2. The molecule has 0 aromatic heterocycles. The van der Waals surface area contributed by atoms with Crippen LogP contribution in [0.25, 0.3) is 10.4 Å². The van der Waals surface area contributed by atoms with Crippen molar-refractivity contribution in [2.45, 2.75) is 44.9 Å². The molecule has 0 aliphatic carbocycles. The van der Waals surface area contributed by atoms with Gasteiger partial charge in [0.2, 0.25) is 5.91 Å². The first kappa shape index (κ1) is 22.0. The number of rotatable bonds is 5. The molecule has 1 N–H and O–H groups in total. The molecule has 1 aliphatic heterocycles. The first-order valence-corrected chi connectivity index (χ1v) is 9.93. The molecule has 2 aromatic carbocycles. The van der Waals surface area contributed by atoms with E-state index in [2.05, 4.69) is 15.3 Å². The molecule has 1 aliphatic rings. The Hall–Kier alpha value is -3.71. The summed E-state index contributed by atoms with van der Waals surface area (Å²) in [4.78, 5) is 29.6. The van der Waals surface area contributed by atoms with Crippen LogP contribution in [-0.2, 0) is 9.53 Å². The van der Waals surface area contributed by atoms with Gasteiger partial charge in [-0.05, 0) is 69.1 Å². The maximum absolute atomic E-state index is 12.9. The van der Waals surface area contributed by atoms with Crippen molar-refractivity contribution in [1.29, 1.82) is 0 Å². The molecule has 0 saturated carbocycles. The highest BCUT2D eigenvalue weighted by Gasteiger charge is 2.41. The molecule has 162 valence electrons. The van der Waals surface area contributed by atoms with E-state index >= 15 is 0 Å². The minimum absolute atomic E-state index is 0.126. The average molecular weight is 423 g/mol. The molecule has 2 aromatic rings. The van der Waals surface area contributed by atoms with Crippen LogP contribution in [0.4, 0.5) is 10.5 Å². The lowest BCUT2D eigenvalue weighted by molar-refractivity contribution is -0.120. The van der Waals surface area contributed by atoms with Crippen molar-refractivity contribution in [2.24, 2.45) is 5.11 Å². The number of likely N-dealkylation sites (tertiary alicyclic amines) is 1. The fourth-order valence-electron chi connectivity index (χ4n) is 3.20. The number of anilines is 1. The minimum Gasteiger partial charge on any atom is -0.457 e. The summed E-state index contributed by atoms with van der Waals surface area (Å²) in [6, 6.07) is 15.0. The van der Waals surface area contributed by atoms with E-state index in [1.54, 1.807) is 45.0 Å². The Morgan fingerprint density at radius 3 is 2.35 bits per heavy atom. The van der Waals surface area contributed by atoms with E-state index < -0.39 is 23.8 Å². The van der Waals surface area contributed by atoms with Crippen molar-refractivity contribution >= 4 is 17.7 Å². The number of hydrogen-bond acceptors (Lipinski definition) is 5. The maximum Gasteiger partial charge on any atom is 0.410 e. The van der Waals surface area contributed by atoms with Gasteiger partial charge in [-0.2, -0.15) is 0 Å². The Labute approximate surface area is 180 Å². The normalized spacial score (nSPS) is 18.1. The van der Waals surface area contributed by atoms with Crippen molar-refractivity contribution in [1.82, 2.24) is 4.90 Å². The number of hydrogen-bond donors (Lipinski definition) is 1. The van der Waals surface area contributed by atoms with Gasteiger partial charge in [-0.25, -0.2) is 4.79 Å². The van der Waals surface area contributed by atoms with Crippen LogP contribution in [0, 0.1) is 0 Å². The summed E-state index contributed by atoms with van der Waals surface area (Å²) >= 11 is 0. The Morgan fingerprint density at radius 2 is 1.74 bits per heavy atom. The van der Waals surface area contributed by atoms with E-state index in [9.17, 15) is 9.59 Å². The van der Waals surface area contributed by atoms with Crippen molar-refractivity contribution < 1.29 is 19.1 Å². The van der Waals surface area contributed by atoms with Crippen LogP contribution >= 0.6 is 0 Å². The van der Waals surface area contributed by atoms with Gasteiger partial charge in [0.25, 0.3) is 0 Å². The summed E-state index contributed by atoms with van der Waals surface area (Å²) < 4.78 is 11.2. The Bertz CT molecular complexity index is 966. The molecule has 2 atom stereocenters. The molecule has 1 fully saturated rings. The summed E-state index contributed by atoms with van der Waals surface area (Å²) in [5.41, 5.74) is 8.59. The van der Waals surface area contributed by atoms with Gasteiger partial charge in [0.05, 0.1) is 6.04 Å². The van der Waals surface area contributed by atoms with Gasteiger partial charge >= 0.3 is 6.09 Å². The lowest BCUT2D eigenvalue weighted by Gasteiger charge is -2.28. The predicted octanol–water partition coefficient (Wildman–Crippen LogP) is 5.11. The van der Waals surface area contributed by atoms with Gasteiger partial charge in [0.1, 0.15) is 23.1 Å². The average Bonchev–Trinajstić information content (AvgIpc) is 3.14. The summed E-state index contributed by atoms with van der Waals surface area (Å²) in [5, 5.41) is 6.49. The quantitative estimate of drug-likeness (QED) is 0.409. The van der Waals surface area contributed by atoms with Gasteiger partial charge in [-0.15, -0.1) is 0 Å². The third-order valence-corrected chi connectivity index (χ3v) is 4.53. The van der Waals surface area contributed by atoms with Gasteiger partial charge in [0.15, 0.2) is 0 Å². The van der Waals surface area contributed by atoms with Crippen LogP contribution in [0.5, 0.6) is 11.5 Å². The number of carbonyl (C=O) groups excluding carboxylic acids is 2. The fraction of sp³-hybridized carbons (Fsp3) is 0.364. The van der Waals surface area contributed by atoms with Gasteiger partial charge < -0.3 is 14.8 Å². The predicted molar refractivity (Wildman–Crippen MR) is 116 cm³/mol. The Morgan fingerprint density at radius 1 is 1.10 bits per heavy atom. The maximum atomic E-state index is 12.9. The second-order valence-electron chi connectivity index (χ2n) is 8.17. The summed E-state index contributed by atoms with van der Waals surface area (Å²) in [5.74, 6) is 0.962. The highest BCUT2D eigenvalue weighted by Crippen LogP contribution is 2.26. The van der Waals surface area contributed by atoms with Crippen LogP contribution in [0.1, 0.15) is 27.2 Å². The molecule has 0 bridgehead atoms. The van der Waals surface area contributed by atoms with E-state index in [-0.39, 0.29) is 18.9 Å². The third-order valence-electron chi connectivity index (χ3n) is 4.53. The molecule has 9 nitrogen and oxygen atoms in total. The zero-order chi connectivity index (χ0) is 22.4. The number of para-hydroxylation sites is 1. The number of nitrogens with one attached hydrogen (secondary N) is 1. The van der Waals surface area contributed by atoms with Crippen LogP contribution in [-0.4, -0.2) is 41.1 Å². The second-order valence-corrected chi connectivity index (χ2v) is 8.17. The highest BCUT2D eigenvalue weighted by atomic mass is 16.6. The SMILES string of the molecule is CC(C)(C)OC(=O)N1C[C@H](N=[N+]=[N-])C[C@H]1C(=O)Nc1ccc(Oc2ccccc2)cc1. The van der Waals surface area contributed by atoms with Crippen LogP contribution in [0.2, 0.25) is 0 Å². The summed E-state index contributed by atoms with van der Waals surface area (Å²) in [6.07, 6.45) is -0.389. The van der Waals surface area contributed by atoms with Crippen molar-refractivity contribution in [3.63, 3.8) is 0 Å². The molecule has 0 spiro atoms. The van der Waals surface area contributed by atoms with Crippen LogP contribution in [0.3, 0.4) is 0 Å². The van der Waals surface area contributed by atoms with E-state index in [1.807, 2.05) is 30.3 Å². The number of ether oxygens (including phenoxy) is 2. The number of amides is 2. The Balaban J connectivity index is 1.68. The highest BCUT2D eigenvalue weighted by molar-refractivity contribution is 5.97. The summed E-state index contributed by atoms with van der Waals surface area (Å²) in [6.45, 7) is 5.38. The molecule has 2 amide bonds. The second kappa shape index (κ2) is 9.40. The zero-order valence-electron chi connectivity index (χ0n) is 17.7. The van der Waals surface area contributed by atoms with E-state index in [0.717, 1.165) is 0 Å². The molecular formula is C22H25N5O4. The molecule has 3 rings (SSSR count). The first-order chi connectivity index (χ1) is 14.7. The van der Waals surface area contributed by atoms with Crippen molar-refractivity contribution in [2.75, 3.05) is 11.9 Å². The fourth-order valence-corrected chi connectivity index (χ4v) is 3.20.